The van der Waals surface area contributed by atoms with Gasteiger partial charge in [-0.2, -0.15) is 0 Å². The van der Waals surface area contributed by atoms with E-state index < -0.39 is 0 Å². The van der Waals surface area contributed by atoms with Crippen LogP contribution < -0.4 is 10.6 Å². The van der Waals surface area contributed by atoms with Crippen LogP contribution in [0, 0.1) is 5.92 Å². The normalized spacial score (nSPS) is 12.0. The second-order valence-electron chi connectivity index (χ2n) is 4.55. The number of hydrogen-bond donors (Lipinski definition) is 2. The van der Waals surface area contributed by atoms with E-state index in [1.54, 1.807) is 26.2 Å². The molecule has 0 aromatic carbocycles. The molecule has 0 bridgehead atoms. The van der Waals surface area contributed by atoms with Gasteiger partial charge in [0.1, 0.15) is 5.82 Å². The summed E-state index contributed by atoms with van der Waals surface area (Å²) < 4.78 is 0. The molecular weight excluding hydrogens is 230 g/mol. The number of carbonyl (C=O) groups is 1. The molecule has 100 valence electrons. The van der Waals surface area contributed by atoms with Crippen molar-refractivity contribution < 1.29 is 4.79 Å². The number of carbonyl (C=O) groups excluding carboxylic acids is 1. The molecule has 1 atom stereocenters. The van der Waals surface area contributed by atoms with Gasteiger partial charge in [0.05, 0.1) is 0 Å². The topological polar surface area (TPSA) is 70.2 Å². The molecule has 6 heteroatoms. The van der Waals surface area contributed by atoms with Crippen LogP contribution in [0.15, 0.2) is 12.1 Å². The first-order valence-corrected chi connectivity index (χ1v) is 5.98. The fourth-order valence-electron chi connectivity index (χ4n) is 1.47. The third kappa shape index (κ3) is 4.29. The Hall–Kier alpha value is -1.69. The van der Waals surface area contributed by atoms with E-state index in [4.69, 9.17) is 0 Å². The van der Waals surface area contributed by atoms with E-state index in [-0.39, 0.29) is 5.91 Å². The molecule has 0 aliphatic rings. The minimum absolute atomic E-state index is 0.141. The van der Waals surface area contributed by atoms with E-state index in [9.17, 15) is 4.79 Å². The minimum atomic E-state index is -0.141. The summed E-state index contributed by atoms with van der Waals surface area (Å²) in [6, 6.07) is 3.45. The zero-order chi connectivity index (χ0) is 13.5. The van der Waals surface area contributed by atoms with Crippen LogP contribution >= 0.6 is 0 Å². The summed E-state index contributed by atoms with van der Waals surface area (Å²) >= 11 is 0. The molecule has 1 amide bonds. The zero-order valence-electron chi connectivity index (χ0n) is 11.4. The molecule has 0 fully saturated rings. The maximum Gasteiger partial charge on any atom is 0.273 e. The van der Waals surface area contributed by atoms with E-state index in [0.29, 0.717) is 17.4 Å². The van der Waals surface area contributed by atoms with Crippen LogP contribution in [0.2, 0.25) is 0 Å². The van der Waals surface area contributed by atoms with Gasteiger partial charge in [0.2, 0.25) is 0 Å². The average molecular weight is 251 g/mol. The van der Waals surface area contributed by atoms with Crippen molar-refractivity contribution in [3.63, 3.8) is 0 Å². The second kappa shape index (κ2) is 6.90. The second-order valence-corrected chi connectivity index (χ2v) is 4.55. The summed E-state index contributed by atoms with van der Waals surface area (Å²) in [5.74, 6) is 1.05. The predicted octanol–water partition coefficient (Wildman–Crippen LogP) is 0.446. The van der Waals surface area contributed by atoms with Gasteiger partial charge in [-0.1, -0.05) is 6.92 Å². The molecule has 0 aliphatic heterocycles. The monoisotopic (exact) mass is 251 g/mol. The molecule has 18 heavy (non-hydrogen) atoms. The maximum absolute atomic E-state index is 11.6. The molecule has 2 N–H and O–H groups in total. The van der Waals surface area contributed by atoms with Crippen molar-refractivity contribution in [3.8, 4) is 0 Å². The predicted molar refractivity (Wildman–Crippen MR) is 71.6 cm³/mol. The Morgan fingerprint density at radius 3 is 2.56 bits per heavy atom. The van der Waals surface area contributed by atoms with Crippen LogP contribution in [0.4, 0.5) is 5.82 Å². The van der Waals surface area contributed by atoms with E-state index in [1.807, 2.05) is 7.05 Å². The highest BCUT2D eigenvalue weighted by molar-refractivity contribution is 5.91. The number of anilines is 1. The SMILES string of the molecule is CNCC(C)CNc1ccc(C(=O)N(C)C)nn1. The third-order valence-corrected chi connectivity index (χ3v) is 2.47. The highest BCUT2D eigenvalue weighted by Gasteiger charge is 2.10. The van der Waals surface area contributed by atoms with Crippen LogP contribution in [0.1, 0.15) is 17.4 Å². The van der Waals surface area contributed by atoms with Gasteiger partial charge in [-0.3, -0.25) is 4.79 Å². The van der Waals surface area contributed by atoms with Crippen molar-refractivity contribution in [2.24, 2.45) is 5.92 Å². The summed E-state index contributed by atoms with van der Waals surface area (Å²) in [7, 11) is 5.31. The van der Waals surface area contributed by atoms with Crippen LogP contribution in [0.25, 0.3) is 0 Å². The summed E-state index contributed by atoms with van der Waals surface area (Å²) in [6.07, 6.45) is 0. The molecule has 1 aromatic heterocycles. The van der Waals surface area contributed by atoms with Crippen molar-refractivity contribution in [2.45, 2.75) is 6.92 Å². The molecular formula is C12H21N5O. The zero-order valence-corrected chi connectivity index (χ0v) is 11.4. The number of rotatable bonds is 6. The minimum Gasteiger partial charge on any atom is -0.368 e. The lowest BCUT2D eigenvalue weighted by atomic mass is 10.2. The van der Waals surface area contributed by atoms with Gasteiger partial charge in [-0.05, 0) is 31.6 Å². The van der Waals surface area contributed by atoms with Crippen LogP contribution in [-0.2, 0) is 0 Å². The Bertz CT molecular complexity index is 377. The fraction of sp³-hybridized carbons (Fsp3) is 0.583. The Kier molecular flexibility index (Phi) is 5.51. The number of nitrogens with zero attached hydrogens (tertiary/aromatic N) is 3. The number of amides is 1. The van der Waals surface area contributed by atoms with E-state index in [1.165, 1.54) is 4.90 Å². The molecule has 0 saturated carbocycles. The quantitative estimate of drug-likeness (QED) is 0.768. The first kappa shape index (κ1) is 14.4. The van der Waals surface area contributed by atoms with Crippen molar-refractivity contribution in [3.05, 3.63) is 17.8 Å². The van der Waals surface area contributed by atoms with E-state index >= 15 is 0 Å². The lowest BCUT2D eigenvalue weighted by Gasteiger charge is -2.12. The smallest absolute Gasteiger partial charge is 0.273 e. The van der Waals surface area contributed by atoms with Gasteiger partial charge >= 0.3 is 0 Å². The molecule has 0 spiro atoms. The Balaban J connectivity index is 2.53. The third-order valence-electron chi connectivity index (χ3n) is 2.47. The standard InChI is InChI=1S/C12H21N5O/c1-9(7-13-2)8-14-11-6-5-10(15-16-11)12(18)17(3)4/h5-6,9,13H,7-8H2,1-4H3,(H,14,16). The highest BCUT2D eigenvalue weighted by atomic mass is 16.2. The maximum atomic E-state index is 11.6. The largest absolute Gasteiger partial charge is 0.368 e. The summed E-state index contributed by atoms with van der Waals surface area (Å²) in [6.45, 7) is 3.90. The number of aromatic nitrogens is 2. The lowest BCUT2D eigenvalue weighted by Crippen LogP contribution is -2.24. The first-order valence-electron chi connectivity index (χ1n) is 5.98. The van der Waals surface area contributed by atoms with Crippen LogP contribution in [0.5, 0.6) is 0 Å². The average Bonchev–Trinajstić information content (AvgIpc) is 2.36. The molecule has 1 aromatic rings. The molecule has 1 heterocycles. The summed E-state index contributed by atoms with van der Waals surface area (Å²) in [5, 5.41) is 14.2. The van der Waals surface area contributed by atoms with E-state index in [2.05, 4.69) is 27.8 Å². The molecule has 6 nitrogen and oxygen atoms in total. The van der Waals surface area contributed by atoms with Crippen molar-refractivity contribution in [1.82, 2.24) is 20.4 Å². The van der Waals surface area contributed by atoms with Crippen LogP contribution in [0.3, 0.4) is 0 Å². The molecule has 0 aliphatic carbocycles. The van der Waals surface area contributed by atoms with Gasteiger partial charge in [-0.25, -0.2) is 0 Å². The van der Waals surface area contributed by atoms with Crippen molar-refractivity contribution >= 4 is 11.7 Å². The van der Waals surface area contributed by atoms with Gasteiger partial charge in [0.25, 0.3) is 5.91 Å². The molecule has 1 rings (SSSR count). The fourth-order valence-corrected chi connectivity index (χ4v) is 1.47. The van der Waals surface area contributed by atoms with Crippen molar-refractivity contribution in [2.75, 3.05) is 39.5 Å². The highest BCUT2D eigenvalue weighted by Crippen LogP contribution is 2.04. The van der Waals surface area contributed by atoms with Crippen molar-refractivity contribution in [1.29, 1.82) is 0 Å². The molecule has 0 saturated heterocycles. The Labute approximate surface area is 108 Å². The van der Waals surface area contributed by atoms with Crippen LogP contribution in [-0.4, -0.2) is 55.2 Å². The summed E-state index contributed by atoms with van der Waals surface area (Å²) in [4.78, 5) is 13.1. The number of nitrogens with one attached hydrogen (secondary N) is 2. The van der Waals surface area contributed by atoms with Gasteiger partial charge < -0.3 is 15.5 Å². The molecule has 0 radical (unpaired) electrons. The molecule has 1 unspecified atom stereocenters. The number of hydrogen-bond acceptors (Lipinski definition) is 5. The Morgan fingerprint density at radius 2 is 2.06 bits per heavy atom. The van der Waals surface area contributed by atoms with Gasteiger partial charge in [0, 0.05) is 20.6 Å². The Morgan fingerprint density at radius 1 is 1.33 bits per heavy atom. The first-order chi connectivity index (χ1) is 8.54. The van der Waals surface area contributed by atoms with Gasteiger partial charge in [-0.15, -0.1) is 10.2 Å². The lowest BCUT2D eigenvalue weighted by molar-refractivity contribution is 0.0821. The summed E-state index contributed by atoms with van der Waals surface area (Å²) in [5.41, 5.74) is 0.355. The van der Waals surface area contributed by atoms with Gasteiger partial charge in [0.15, 0.2) is 5.69 Å². The van der Waals surface area contributed by atoms with E-state index in [0.717, 1.165) is 13.1 Å².